The molecule has 0 saturated heterocycles. The van der Waals surface area contributed by atoms with Gasteiger partial charge in [-0.3, -0.25) is 4.79 Å². The van der Waals surface area contributed by atoms with Crippen molar-refractivity contribution in [3.63, 3.8) is 0 Å². The average Bonchev–Trinajstić information content (AvgIpc) is 2.78. The van der Waals surface area contributed by atoms with Crippen LogP contribution in [-0.4, -0.2) is 23.0 Å². The van der Waals surface area contributed by atoms with Crippen LogP contribution in [0, 0.1) is 6.92 Å². The van der Waals surface area contributed by atoms with Crippen LogP contribution in [0.1, 0.15) is 49.2 Å². The van der Waals surface area contributed by atoms with Crippen molar-refractivity contribution in [1.82, 2.24) is 10.3 Å². The number of carbonyl (C=O) groups is 1. The van der Waals surface area contributed by atoms with Crippen LogP contribution in [0.5, 0.6) is 0 Å². The summed E-state index contributed by atoms with van der Waals surface area (Å²) in [6.07, 6.45) is 6.48. The van der Waals surface area contributed by atoms with Crippen LogP contribution in [0.3, 0.4) is 0 Å². The minimum Gasteiger partial charge on any atom is -0.353 e. The lowest BCUT2D eigenvalue weighted by molar-refractivity contribution is -0.122. The van der Waals surface area contributed by atoms with E-state index in [0.29, 0.717) is 18.5 Å². The van der Waals surface area contributed by atoms with Crippen LogP contribution in [0.15, 0.2) is 5.38 Å². The number of rotatable bonds is 5. The number of amides is 1. The summed E-state index contributed by atoms with van der Waals surface area (Å²) in [5.41, 5.74) is 6.97. The molecule has 4 nitrogen and oxygen atoms in total. The highest BCUT2D eigenvalue weighted by Gasteiger charge is 2.19. The van der Waals surface area contributed by atoms with E-state index in [0.717, 1.165) is 49.2 Å². The van der Waals surface area contributed by atoms with Crippen molar-refractivity contribution < 1.29 is 4.79 Å². The number of nitrogens with two attached hydrogens (primary N) is 1. The molecule has 122 valence electrons. The van der Waals surface area contributed by atoms with Gasteiger partial charge in [-0.25, -0.2) is 4.98 Å². The Balaban J connectivity index is 0.00000200. The lowest BCUT2D eigenvalue weighted by atomic mass is 9.92. The fourth-order valence-corrected chi connectivity index (χ4v) is 3.16. The first-order valence-electron chi connectivity index (χ1n) is 7.09. The van der Waals surface area contributed by atoms with Crippen LogP contribution in [0.2, 0.25) is 0 Å². The standard InChI is InChI=1S/C14H23N3OS.2ClH/c1-10-16-13(9-19-10)3-2-4-14(18)17-12-7-5-11(15)6-8-12;;/h9,11-12H,2-8,15H2,1H3,(H,17,18);2*1H. The number of hydrogen-bond acceptors (Lipinski definition) is 4. The Hall–Kier alpha value is -0.360. The number of thiazole rings is 1. The van der Waals surface area contributed by atoms with Gasteiger partial charge in [-0.2, -0.15) is 0 Å². The quantitative estimate of drug-likeness (QED) is 0.854. The predicted molar refractivity (Wildman–Crippen MR) is 92.7 cm³/mol. The molecule has 7 heteroatoms. The molecule has 0 radical (unpaired) electrons. The molecule has 0 aliphatic heterocycles. The van der Waals surface area contributed by atoms with Crippen molar-refractivity contribution in [3.8, 4) is 0 Å². The van der Waals surface area contributed by atoms with E-state index in [1.54, 1.807) is 11.3 Å². The molecule has 21 heavy (non-hydrogen) atoms. The van der Waals surface area contributed by atoms with Gasteiger partial charge in [0.25, 0.3) is 0 Å². The summed E-state index contributed by atoms with van der Waals surface area (Å²) >= 11 is 1.67. The first kappa shape index (κ1) is 20.6. The molecule has 1 heterocycles. The molecule has 1 saturated carbocycles. The lowest BCUT2D eigenvalue weighted by Crippen LogP contribution is -2.40. The molecule has 1 amide bonds. The van der Waals surface area contributed by atoms with Gasteiger partial charge < -0.3 is 11.1 Å². The van der Waals surface area contributed by atoms with Gasteiger partial charge in [0.2, 0.25) is 5.91 Å². The fraction of sp³-hybridized carbons (Fsp3) is 0.714. The number of nitrogens with one attached hydrogen (secondary N) is 1. The highest BCUT2D eigenvalue weighted by atomic mass is 35.5. The minimum atomic E-state index is 0. The molecule has 0 unspecified atom stereocenters. The van der Waals surface area contributed by atoms with Gasteiger partial charge in [-0.15, -0.1) is 36.2 Å². The van der Waals surface area contributed by atoms with Gasteiger partial charge in [-0.05, 0) is 45.4 Å². The Kier molecular flexibility index (Phi) is 10.2. The molecule has 1 aliphatic rings. The Labute approximate surface area is 143 Å². The third-order valence-corrected chi connectivity index (χ3v) is 4.46. The highest BCUT2D eigenvalue weighted by molar-refractivity contribution is 7.09. The maximum atomic E-state index is 11.8. The third-order valence-electron chi connectivity index (χ3n) is 3.64. The highest BCUT2D eigenvalue weighted by Crippen LogP contribution is 2.17. The molecule has 3 N–H and O–H groups in total. The van der Waals surface area contributed by atoms with E-state index in [1.807, 2.05) is 6.92 Å². The smallest absolute Gasteiger partial charge is 0.220 e. The number of hydrogen-bond donors (Lipinski definition) is 2. The van der Waals surface area contributed by atoms with Gasteiger partial charge in [-0.1, -0.05) is 0 Å². The maximum Gasteiger partial charge on any atom is 0.220 e. The van der Waals surface area contributed by atoms with Crippen molar-refractivity contribution in [2.45, 2.75) is 64.0 Å². The van der Waals surface area contributed by atoms with E-state index in [9.17, 15) is 4.79 Å². The summed E-state index contributed by atoms with van der Waals surface area (Å²) in [4.78, 5) is 16.2. The number of halogens is 2. The van der Waals surface area contributed by atoms with Crippen molar-refractivity contribution in [2.75, 3.05) is 0 Å². The Morgan fingerprint density at radius 3 is 2.62 bits per heavy atom. The SMILES string of the molecule is Cc1nc(CCCC(=O)NC2CCC(N)CC2)cs1.Cl.Cl. The summed E-state index contributed by atoms with van der Waals surface area (Å²) in [6.45, 7) is 2.01. The van der Waals surface area contributed by atoms with E-state index in [1.165, 1.54) is 0 Å². The lowest BCUT2D eigenvalue weighted by Gasteiger charge is -2.26. The first-order valence-corrected chi connectivity index (χ1v) is 7.97. The molecule has 1 aromatic rings. The summed E-state index contributed by atoms with van der Waals surface area (Å²) < 4.78 is 0. The van der Waals surface area contributed by atoms with E-state index in [2.05, 4.69) is 15.7 Å². The zero-order chi connectivity index (χ0) is 13.7. The first-order chi connectivity index (χ1) is 9.13. The molecule has 1 aliphatic carbocycles. The largest absolute Gasteiger partial charge is 0.353 e. The van der Waals surface area contributed by atoms with E-state index >= 15 is 0 Å². The summed E-state index contributed by atoms with van der Waals surface area (Å²) in [7, 11) is 0. The Bertz CT molecular complexity index is 420. The number of carbonyl (C=O) groups excluding carboxylic acids is 1. The topological polar surface area (TPSA) is 68.0 Å². The second-order valence-electron chi connectivity index (χ2n) is 5.39. The predicted octanol–water partition coefficient (Wildman–Crippen LogP) is 3.00. The summed E-state index contributed by atoms with van der Waals surface area (Å²) in [6, 6.07) is 0.676. The van der Waals surface area contributed by atoms with Crippen LogP contribution >= 0.6 is 36.2 Å². The zero-order valence-electron chi connectivity index (χ0n) is 12.3. The van der Waals surface area contributed by atoms with Crippen molar-refractivity contribution in [2.24, 2.45) is 5.73 Å². The van der Waals surface area contributed by atoms with Crippen molar-refractivity contribution >= 4 is 42.1 Å². The molecule has 1 fully saturated rings. The fourth-order valence-electron chi connectivity index (χ4n) is 2.52. The molecule has 0 bridgehead atoms. The molecule has 1 aromatic heterocycles. The second-order valence-corrected chi connectivity index (χ2v) is 6.45. The number of aryl methyl sites for hydroxylation is 2. The minimum absolute atomic E-state index is 0. The average molecular weight is 354 g/mol. The molecule has 0 aromatic carbocycles. The zero-order valence-corrected chi connectivity index (χ0v) is 14.8. The Morgan fingerprint density at radius 1 is 1.38 bits per heavy atom. The normalized spacial score (nSPS) is 21.0. The van der Waals surface area contributed by atoms with Crippen LogP contribution in [0.25, 0.3) is 0 Å². The van der Waals surface area contributed by atoms with Crippen LogP contribution in [-0.2, 0) is 11.2 Å². The maximum absolute atomic E-state index is 11.8. The monoisotopic (exact) mass is 353 g/mol. The van der Waals surface area contributed by atoms with Crippen LogP contribution in [0.4, 0.5) is 0 Å². The summed E-state index contributed by atoms with van der Waals surface area (Å²) in [5, 5.41) is 6.29. The molecular formula is C14H25Cl2N3OS. The van der Waals surface area contributed by atoms with E-state index in [4.69, 9.17) is 5.73 Å². The van der Waals surface area contributed by atoms with Gasteiger partial charge in [0.1, 0.15) is 0 Å². The summed E-state index contributed by atoms with van der Waals surface area (Å²) in [5.74, 6) is 0.174. The van der Waals surface area contributed by atoms with Crippen molar-refractivity contribution in [3.05, 3.63) is 16.1 Å². The van der Waals surface area contributed by atoms with Crippen LogP contribution < -0.4 is 11.1 Å². The van der Waals surface area contributed by atoms with Gasteiger partial charge in [0.05, 0.1) is 10.7 Å². The van der Waals surface area contributed by atoms with Gasteiger partial charge >= 0.3 is 0 Å². The third kappa shape index (κ3) is 7.45. The molecule has 2 rings (SSSR count). The second kappa shape index (κ2) is 10.4. The van der Waals surface area contributed by atoms with Gasteiger partial charge in [0.15, 0.2) is 0 Å². The van der Waals surface area contributed by atoms with Crippen molar-refractivity contribution in [1.29, 1.82) is 0 Å². The molecule has 0 atom stereocenters. The Morgan fingerprint density at radius 2 is 2.05 bits per heavy atom. The van der Waals surface area contributed by atoms with E-state index in [-0.39, 0.29) is 30.7 Å². The number of aromatic nitrogens is 1. The molecular weight excluding hydrogens is 329 g/mol. The van der Waals surface area contributed by atoms with E-state index < -0.39 is 0 Å². The van der Waals surface area contributed by atoms with Gasteiger partial charge in [0, 0.05) is 23.9 Å². The number of nitrogens with zero attached hydrogens (tertiary/aromatic N) is 1. The molecule has 0 spiro atoms.